The molecule has 11 heteroatoms. The number of aryl methyl sites for hydroxylation is 2. The van der Waals surface area contributed by atoms with E-state index in [1.807, 2.05) is 52.8 Å². The third kappa shape index (κ3) is 4.85. The van der Waals surface area contributed by atoms with Gasteiger partial charge in [-0.25, -0.2) is 14.8 Å². The Kier molecular flexibility index (Phi) is 6.18. The highest BCUT2D eigenvalue weighted by atomic mass is 16.6. The number of benzene rings is 1. The van der Waals surface area contributed by atoms with Gasteiger partial charge in [0.2, 0.25) is 0 Å². The second kappa shape index (κ2) is 9.37. The molecule has 2 N–H and O–H groups in total. The Morgan fingerprint density at radius 3 is 2.53 bits per heavy atom. The molecule has 11 nitrogen and oxygen atoms in total. The minimum absolute atomic E-state index is 0.137. The van der Waals surface area contributed by atoms with E-state index in [0.29, 0.717) is 42.9 Å². The second-order valence-corrected chi connectivity index (χ2v) is 10.5. The molecule has 4 aromatic rings. The van der Waals surface area contributed by atoms with E-state index >= 15 is 0 Å². The molecular formula is C27H30N8O3. The normalized spacial score (nSPS) is 14.1. The van der Waals surface area contributed by atoms with E-state index in [1.165, 1.54) is 0 Å². The summed E-state index contributed by atoms with van der Waals surface area (Å²) in [5.41, 5.74) is 3.89. The number of nitrogens with zero attached hydrogens (tertiary/aromatic N) is 6. The molecule has 1 aliphatic heterocycles. The fourth-order valence-electron chi connectivity index (χ4n) is 4.70. The number of aromatic amines is 1. The van der Waals surface area contributed by atoms with Crippen molar-refractivity contribution in [1.29, 1.82) is 5.26 Å². The molecule has 0 spiro atoms. The van der Waals surface area contributed by atoms with Gasteiger partial charge in [0.15, 0.2) is 17.2 Å². The summed E-state index contributed by atoms with van der Waals surface area (Å²) in [7, 11) is 0. The first-order valence-corrected chi connectivity index (χ1v) is 12.5. The number of anilines is 2. The van der Waals surface area contributed by atoms with Crippen molar-refractivity contribution in [2.24, 2.45) is 0 Å². The van der Waals surface area contributed by atoms with Crippen LogP contribution in [-0.2, 0) is 4.74 Å². The molecule has 0 unspecified atom stereocenters. The third-order valence-electron chi connectivity index (χ3n) is 6.33. The summed E-state index contributed by atoms with van der Waals surface area (Å²) in [5.74, 6) is -0.0825. The molecular weight excluding hydrogens is 484 g/mol. The SMILES string of the molecule is Cc1cn2cc(NC(=O)c3ccc(N4CCN(C(=O)OC(C)(C)C)CC4)c4cc(C)[nH]c34)nc(C#N)c2n1. The van der Waals surface area contributed by atoms with E-state index in [-0.39, 0.29) is 23.5 Å². The lowest BCUT2D eigenvalue weighted by Gasteiger charge is -2.37. The molecule has 0 aliphatic carbocycles. The maximum absolute atomic E-state index is 13.3. The van der Waals surface area contributed by atoms with Crippen LogP contribution in [0.4, 0.5) is 16.3 Å². The van der Waals surface area contributed by atoms with Gasteiger partial charge in [-0.3, -0.25) is 4.79 Å². The van der Waals surface area contributed by atoms with Gasteiger partial charge in [-0.2, -0.15) is 5.26 Å². The first kappa shape index (κ1) is 25.1. The van der Waals surface area contributed by atoms with Crippen LogP contribution < -0.4 is 10.2 Å². The molecule has 1 aliphatic rings. The van der Waals surface area contributed by atoms with Crippen LogP contribution in [0.25, 0.3) is 16.6 Å². The van der Waals surface area contributed by atoms with Gasteiger partial charge in [-0.1, -0.05) is 0 Å². The number of carbonyl (C=O) groups excluding carboxylic acids is 2. The summed E-state index contributed by atoms with van der Waals surface area (Å²) in [5, 5.41) is 13.3. The van der Waals surface area contributed by atoms with E-state index < -0.39 is 5.60 Å². The lowest BCUT2D eigenvalue weighted by atomic mass is 10.1. The van der Waals surface area contributed by atoms with Crippen LogP contribution >= 0.6 is 0 Å². The Morgan fingerprint density at radius 2 is 1.84 bits per heavy atom. The number of aromatic nitrogens is 4. The molecule has 5 rings (SSSR count). The summed E-state index contributed by atoms with van der Waals surface area (Å²) >= 11 is 0. The summed E-state index contributed by atoms with van der Waals surface area (Å²) in [4.78, 5) is 41.7. The largest absolute Gasteiger partial charge is 0.444 e. The van der Waals surface area contributed by atoms with Crippen LogP contribution in [0, 0.1) is 25.2 Å². The molecule has 196 valence electrons. The minimum atomic E-state index is -0.533. The number of H-pyrrole nitrogens is 1. The summed E-state index contributed by atoms with van der Waals surface area (Å²) < 4.78 is 7.20. The quantitative estimate of drug-likeness (QED) is 0.422. The van der Waals surface area contributed by atoms with Crippen LogP contribution in [0.1, 0.15) is 48.2 Å². The molecule has 38 heavy (non-hydrogen) atoms. The number of imidazole rings is 1. The molecule has 0 bridgehead atoms. The van der Waals surface area contributed by atoms with Crippen molar-refractivity contribution in [3.63, 3.8) is 0 Å². The van der Waals surface area contributed by atoms with E-state index in [9.17, 15) is 14.9 Å². The Labute approximate surface area is 220 Å². The fourth-order valence-corrected chi connectivity index (χ4v) is 4.70. The number of rotatable bonds is 3. The molecule has 1 saturated heterocycles. The van der Waals surface area contributed by atoms with Crippen LogP contribution in [-0.4, -0.2) is 68.0 Å². The van der Waals surface area contributed by atoms with Crippen molar-refractivity contribution < 1.29 is 14.3 Å². The van der Waals surface area contributed by atoms with Gasteiger partial charge < -0.3 is 29.2 Å². The van der Waals surface area contributed by atoms with E-state index in [2.05, 4.69) is 25.2 Å². The van der Waals surface area contributed by atoms with Crippen molar-refractivity contribution >= 4 is 40.1 Å². The third-order valence-corrected chi connectivity index (χ3v) is 6.33. The first-order chi connectivity index (χ1) is 18.0. The van der Waals surface area contributed by atoms with Gasteiger partial charge in [-0.05, 0) is 52.8 Å². The van der Waals surface area contributed by atoms with Crippen molar-refractivity contribution in [2.75, 3.05) is 36.4 Å². The van der Waals surface area contributed by atoms with Crippen LogP contribution in [0.2, 0.25) is 0 Å². The van der Waals surface area contributed by atoms with Crippen molar-refractivity contribution in [3.05, 3.63) is 53.2 Å². The maximum atomic E-state index is 13.3. The zero-order valence-electron chi connectivity index (χ0n) is 22.1. The number of hydrogen-bond donors (Lipinski definition) is 2. The average Bonchev–Trinajstić information content (AvgIpc) is 3.43. The Morgan fingerprint density at radius 1 is 1.11 bits per heavy atom. The predicted octanol–water partition coefficient (Wildman–Crippen LogP) is 4.01. The van der Waals surface area contributed by atoms with Gasteiger partial charge in [0.05, 0.1) is 23.0 Å². The average molecular weight is 515 g/mol. The van der Waals surface area contributed by atoms with E-state index in [1.54, 1.807) is 27.8 Å². The molecule has 1 fully saturated rings. The molecule has 4 heterocycles. The molecule has 0 saturated carbocycles. The number of carbonyl (C=O) groups is 2. The molecule has 3 aromatic heterocycles. The second-order valence-electron chi connectivity index (χ2n) is 10.5. The van der Waals surface area contributed by atoms with Crippen molar-refractivity contribution in [2.45, 2.75) is 40.2 Å². The van der Waals surface area contributed by atoms with Crippen LogP contribution in [0.5, 0.6) is 0 Å². The molecule has 2 amide bonds. The zero-order chi connectivity index (χ0) is 27.2. The highest BCUT2D eigenvalue weighted by Gasteiger charge is 2.27. The van der Waals surface area contributed by atoms with Crippen molar-refractivity contribution in [1.82, 2.24) is 24.3 Å². The van der Waals surface area contributed by atoms with Crippen LogP contribution in [0.3, 0.4) is 0 Å². The van der Waals surface area contributed by atoms with E-state index in [0.717, 1.165) is 22.5 Å². The van der Waals surface area contributed by atoms with Crippen molar-refractivity contribution in [3.8, 4) is 6.07 Å². The lowest BCUT2D eigenvalue weighted by Crippen LogP contribution is -2.50. The summed E-state index contributed by atoms with van der Waals surface area (Å²) in [6.45, 7) is 11.7. The number of piperazine rings is 1. The van der Waals surface area contributed by atoms with Crippen LogP contribution in [0.15, 0.2) is 30.6 Å². The summed E-state index contributed by atoms with van der Waals surface area (Å²) in [6.07, 6.45) is 3.12. The fraction of sp³-hybridized carbons (Fsp3) is 0.370. The van der Waals surface area contributed by atoms with Gasteiger partial charge in [-0.15, -0.1) is 0 Å². The topological polar surface area (TPSA) is 132 Å². The predicted molar refractivity (Wildman–Crippen MR) is 143 cm³/mol. The molecule has 0 atom stereocenters. The van der Waals surface area contributed by atoms with Gasteiger partial charge in [0, 0.05) is 49.1 Å². The molecule has 0 radical (unpaired) electrons. The molecule has 1 aromatic carbocycles. The number of amides is 2. The number of nitriles is 1. The standard InChI is InChI=1S/C27H30N8O3/c1-16-12-19-21(33-8-10-34(11-9-33)26(37)38-27(3,4)5)7-6-18(23(19)29-16)25(36)32-22-15-35-14-17(2)30-24(35)20(13-28)31-22/h6-7,12,14-15,29H,8-11H2,1-5H3,(H,32,36). The minimum Gasteiger partial charge on any atom is -0.444 e. The van der Waals surface area contributed by atoms with Gasteiger partial charge in [0.25, 0.3) is 5.91 Å². The van der Waals surface area contributed by atoms with Gasteiger partial charge in [0.1, 0.15) is 11.7 Å². The first-order valence-electron chi connectivity index (χ1n) is 12.5. The zero-order valence-corrected chi connectivity index (χ0v) is 22.1. The highest BCUT2D eigenvalue weighted by molar-refractivity contribution is 6.14. The highest BCUT2D eigenvalue weighted by Crippen LogP contribution is 2.31. The van der Waals surface area contributed by atoms with E-state index in [4.69, 9.17) is 4.74 Å². The number of fused-ring (bicyclic) bond motifs is 2. The summed E-state index contributed by atoms with van der Waals surface area (Å²) in [6, 6.07) is 7.79. The maximum Gasteiger partial charge on any atom is 0.410 e. The number of ether oxygens (including phenoxy) is 1. The Balaban J connectivity index is 1.38. The smallest absolute Gasteiger partial charge is 0.410 e. The Hall–Kier alpha value is -4.59. The monoisotopic (exact) mass is 514 g/mol. The number of hydrogen-bond acceptors (Lipinski definition) is 7. The Bertz CT molecular complexity index is 1600. The van der Waals surface area contributed by atoms with Gasteiger partial charge >= 0.3 is 6.09 Å². The lowest BCUT2D eigenvalue weighted by molar-refractivity contribution is 0.0240. The number of nitrogens with one attached hydrogen (secondary N) is 2.